The minimum Gasteiger partial charge on any atom is -0.508 e. The highest BCUT2D eigenvalue weighted by molar-refractivity contribution is 6.30. The lowest BCUT2D eigenvalue weighted by Crippen LogP contribution is -2.32. The molecule has 2 aromatic rings. The van der Waals surface area contributed by atoms with Gasteiger partial charge >= 0.3 is 6.18 Å². The van der Waals surface area contributed by atoms with Crippen molar-refractivity contribution in [2.24, 2.45) is 5.92 Å². The van der Waals surface area contributed by atoms with Crippen LogP contribution in [0.25, 0.3) is 0 Å². The maximum absolute atomic E-state index is 13.3. The van der Waals surface area contributed by atoms with Crippen LogP contribution in [-0.4, -0.2) is 11.3 Å². The number of hydrogen-bond donors (Lipinski definition) is 2. The summed E-state index contributed by atoms with van der Waals surface area (Å²) in [5.41, 5.74) is 0.749. The van der Waals surface area contributed by atoms with Crippen molar-refractivity contribution in [1.82, 2.24) is 0 Å². The van der Waals surface area contributed by atoms with E-state index in [1.165, 1.54) is 55.3 Å². The first kappa shape index (κ1) is 19.4. The Morgan fingerprint density at radius 3 is 2.33 bits per heavy atom. The fraction of sp³-hybridized carbons (Fsp3) is 0.300. The number of phenolic OH excluding ortho intramolecular Hbond substituents is 1. The summed E-state index contributed by atoms with van der Waals surface area (Å²) in [6.45, 7) is 0. The van der Waals surface area contributed by atoms with Gasteiger partial charge in [-0.2, -0.15) is 13.2 Å². The van der Waals surface area contributed by atoms with Crippen LogP contribution in [0.15, 0.2) is 42.5 Å². The minimum atomic E-state index is -4.56. The van der Waals surface area contributed by atoms with Crippen molar-refractivity contribution in [3.63, 3.8) is 0 Å². The van der Waals surface area contributed by atoms with E-state index in [1.54, 1.807) is 0 Å². The maximum atomic E-state index is 13.3. The number of rotatable bonds is 1. The SMILES string of the molecule is C#CC1CC1.Oc1ccc(C2Nc3ccc(Cl)cc3C(C(F)(F)F)O2)cc1. The molecule has 1 fully saturated rings. The van der Waals surface area contributed by atoms with Gasteiger partial charge in [0, 0.05) is 27.8 Å². The Balaban J connectivity index is 0.000000364. The molecule has 142 valence electrons. The molecule has 7 heteroatoms. The standard InChI is InChI=1S/C15H11ClF3NO2.C5H6/c16-9-3-6-12-11(7-9)13(15(17,18)19)22-14(20-12)8-1-4-10(21)5-2-8;1-2-5-3-4-5/h1-7,13-14,20-21H;1,5H,3-4H2. The molecule has 0 saturated heterocycles. The predicted octanol–water partition coefficient (Wildman–Crippen LogP) is 5.82. The molecule has 1 heterocycles. The normalized spacial score (nSPS) is 21.1. The smallest absolute Gasteiger partial charge is 0.419 e. The molecule has 2 atom stereocenters. The van der Waals surface area contributed by atoms with Crippen molar-refractivity contribution >= 4 is 17.3 Å². The molecular formula is C20H17ClF3NO2. The molecule has 2 aliphatic rings. The lowest BCUT2D eigenvalue weighted by atomic mass is 10.0. The molecule has 1 aliphatic carbocycles. The van der Waals surface area contributed by atoms with Crippen molar-refractivity contribution < 1.29 is 23.0 Å². The van der Waals surface area contributed by atoms with Gasteiger partial charge in [0.25, 0.3) is 0 Å². The molecule has 2 aromatic carbocycles. The molecule has 4 rings (SSSR count). The van der Waals surface area contributed by atoms with E-state index >= 15 is 0 Å². The highest BCUT2D eigenvalue weighted by Crippen LogP contribution is 2.46. The van der Waals surface area contributed by atoms with E-state index in [-0.39, 0.29) is 16.3 Å². The zero-order chi connectivity index (χ0) is 19.6. The van der Waals surface area contributed by atoms with Crippen LogP contribution in [0.5, 0.6) is 5.75 Å². The number of alkyl halides is 3. The second-order valence-corrected chi connectivity index (χ2v) is 6.78. The third-order valence-electron chi connectivity index (χ3n) is 4.16. The van der Waals surface area contributed by atoms with Gasteiger partial charge in [0.15, 0.2) is 12.3 Å². The molecule has 0 amide bonds. The Kier molecular flexibility index (Phi) is 5.54. The fourth-order valence-electron chi connectivity index (χ4n) is 2.58. The van der Waals surface area contributed by atoms with E-state index in [1.807, 2.05) is 0 Å². The second kappa shape index (κ2) is 7.71. The molecule has 3 nitrogen and oxygen atoms in total. The summed E-state index contributed by atoms with van der Waals surface area (Å²) < 4.78 is 45.0. The van der Waals surface area contributed by atoms with Gasteiger partial charge in [-0.3, -0.25) is 0 Å². The molecular weight excluding hydrogens is 379 g/mol. The number of terminal acetylenes is 1. The number of anilines is 1. The van der Waals surface area contributed by atoms with E-state index in [0.29, 0.717) is 17.2 Å². The van der Waals surface area contributed by atoms with Crippen molar-refractivity contribution in [2.75, 3.05) is 5.32 Å². The van der Waals surface area contributed by atoms with Crippen molar-refractivity contribution in [2.45, 2.75) is 31.3 Å². The van der Waals surface area contributed by atoms with E-state index < -0.39 is 18.5 Å². The second-order valence-electron chi connectivity index (χ2n) is 6.35. The highest BCUT2D eigenvalue weighted by atomic mass is 35.5. The third kappa shape index (κ3) is 4.88. The summed E-state index contributed by atoms with van der Waals surface area (Å²) in [7, 11) is 0. The summed E-state index contributed by atoms with van der Waals surface area (Å²) in [5.74, 6) is 3.33. The average Bonchev–Trinajstić information content (AvgIpc) is 3.46. The molecule has 0 spiro atoms. The Hall–Kier alpha value is -2.36. The summed E-state index contributed by atoms with van der Waals surface area (Å²) in [4.78, 5) is 0. The topological polar surface area (TPSA) is 41.5 Å². The number of benzene rings is 2. The van der Waals surface area contributed by atoms with E-state index in [4.69, 9.17) is 22.8 Å². The van der Waals surface area contributed by atoms with Gasteiger partial charge in [-0.15, -0.1) is 12.3 Å². The lowest BCUT2D eigenvalue weighted by Gasteiger charge is -2.35. The first-order chi connectivity index (χ1) is 12.8. The zero-order valence-corrected chi connectivity index (χ0v) is 14.9. The minimum absolute atomic E-state index is 0.0270. The quantitative estimate of drug-likeness (QED) is 0.598. The summed E-state index contributed by atoms with van der Waals surface area (Å²) >= 11 is 5.78. The predicted molar refractivity (Wildman–Crippen MR) is 97.4 cm³/mol. The summed E-state index contributed by atoms with van der Waals surface area (Å²) in [6.07, 6.45) is -0.0661. The fourth-order valence-corrected chi connectivity index (χ4v) is 2.76. The van der Waals surface area contributed by atoms with Crippen LogP contribution < -0.4 is 5.32 Å². The lowest BCUT2D eigenvalue weighted by molar-refractivity contribution is -0.237. The van der Waals surface area contributed by atoms with Crippen molar-refractivity contribution in [3.8, 4) is 18.1 Å². The number of fused-ring (bicyclic) bond motifs is 1. The van der Waals surface area contributed by atoms with Crippen molar-refractivity contribution in [3.05, 3.63) is 58.6 Å². The van der Waals surface area contributed by atoms with Crippen LogP contribution in [-0.2, 0) is 4.74 Å². The Morgan fingerprint density at radius 1 is 1.15 bits per heavy atom. The monoisotopic (exact) mass is 395 g/mol. The van der Waals surface area contributed by atoms with Crippen molar-refractivity contribution in [1.29, 1.82) is 0 Å². The number of halogens is 4. The maximum Gasteiger partial charge on any atom is 0.419 e. The van der Waals surface area contributed by atoms with Gasteiger partial charge in [0.2, 0.25) is 0 Å². The van der Waals surface area contributed by atoms with E-state index in [0.717, 1.165) is 0 Å². The highest BCUT2D eigenvalue weighted by Gasteiger charge is 2.47. The molecule has 0 bridgehead atoms. The first-order valence-corrected chi connectivity index (χ1v) is 8.69. The Morgan fingerprint density at radius 2 is 1.81 bits per heavy atom. The number of phenols is 1. The van der Waals surface area contributed by atoms with Gasteiger partial charge < -0.3 is 15.2 Å². The molecule has 0 radical (unpaired) electrons. The van der Waals surface area contributed by atoms with Crippen LogP contribution in [0.3, 0.4) is 0 Å². The molecule has 1 saturated carbocycles. The Bertz CT molecular complexity index is 842. The van der Waals surface area contributed by atoms with Crippen LogP contribution in [0.2, 0.25) is 5.02 Å². The third-order valence-corrected chi connectivity index (χ3v) is 4.40. The number of ether oxygens (including phenoxy) is 1. The number of nitrogens with one attached hydrogen (secondary N) is 1. The van der Waals surface area contributed by atoms with Gasteiger partial charge in [-0.1, -0.05) is 23.7 Å². The van der Waals surface area contributed by atoms with Gasteiger partial charge in [-0.05, 0) is 43.2 Å². The molecule has 2 N–H and O–H groups in total. The molecule has 1 aliphatic heterocycles. The van der Waals surface area contributed by atoms with Gasteiger partial charge in [0.05, 0.1) is 0 Å². The van der Waals surface area contributed by atoms with Crippen LogP contribution in [0.1, 0.15) is 36.3 Å². The molecule has 2 unspecified atom stereocenters. The van der Waals surface area contributed by atoms with E-state index in [9.17, 15) is 18.3 Å². The van der Waals surface area contributed by atoms with Gasteiger partial charge in [-0.25, -0.2) is 0 Å². The van der Waals surface area contributed by atoms with Crippen LogP contribution in [0.4, 0.5) is 18.9 Å². The summed E-state index contributed by atoms with van der Waals surface area (Å²) in [6, 6.07) is 10.0. The molecule has 0 aromatic heterocycles. The number of aromatic hydroxyl groups is 1. The molecule has 27 heavy (non-hydrogen) atoms. The zero-order valence-electron chi connectivity index (χ0n) is 14.1. The Labute approximate surface area is 160 Å². The van der Waals surface area contributed by atoms with Crippen LogP contribution in [0, 0.1) is 18.3 Å². The number of hydrogen-bond acceptors (Lipinski definition) is 3. The van der Waals surface area contributed by atoms with Crippen LogP contribution >= 0.6 is 11.6 Å². The van der Waals surface area contributed by atoms with E-state index in [2.05, 4.69) is 11.2 Å². The summed E-state index contributed by atoms with van der Waals surface area (Å²) in [5, 5.41) is 12.4. The average molecular weight is 396 g/mol. The first-order valence-electron chi connectivity index (χ1n) is 8.31. The van der Waals surface area contributed by atoms with Gasteiger partial charge in [0.1, 0.15) is 5.75 Å². The largest absolute Gasteiger partial charge is 0.508 e.